The molecule has 0 amide bonds. The number of ether oxygens (including phenoxy) is 3. The summed E-state index contributed by atoms with van der Waals surface area (Å²) in [6.07, 6.45) is 7.83. The molecule has 2 aliphatic heterocycles. The van der Waals surface area contributed by atoms with Crippen LogP contribution in [0.25, 0.3) is 0 Å². The summed E-state index contributed by atoms with van der Waals surface area (Å²) in [6, 6.07) is 8.73. The summed E-state index contributed by atoms with van der Waals surface area (Å²) in [5.41, 5.74) is 4.85. The number of nitrogens with one attached hydrogen (secondary N) is 3. The summed E-state index contributed by atoms with van der Waals surface area (Å²) in [5.74, 6) is 2.96. The van der Waals surface area contributed by atoms with Crippen LogP contribution in [0.4, 0.5) is 34.5 Å². The number of benzene rings is 2. The molecular weight excluding hydrogens is 574 g/mol. The predicted octanol–water partition coefficient (Wildman–Crippen LogP) is 6.57. The van der Waals surface area contributed by atoms with Crippen molar-refractivity contribution in [2.75, 3.05) is 74.0 Å². The molecule has 12 heteroatoms. The van der Waals surface area contributed by atoms with Gasteiger partial charge in [-0.15, -0.1) is 0 Å². The molecule has 3 N–H and O–H groups in total. The lowest BCUT2D eigenvalue weighted by atomic mass is 10.00. The molecule has 1 fully saturated rings. The number of nitrogens with zero attached hydrogens (tertiary/aromatic N) is 4. The highest BCUT2D eigenvalue weighted by Crippen LogP contribution is 2.45. The predicted molar refractivity (Wildman–Crippen MR) is 174 cm³/mol. The van der Waals surface area contributed by atoms with E-state index in [1.807, 2.05) is 18.4 Å². The van der Waals surface area contributed by atoms with Gasteiger partial charge in [0.1, 0.15) is 29.7 Å². The third-order valence-electron chi connectivity index (χ3n) is 7.61. The van der Waals surface area contributed by atoms with Crippen molar-refractivity contribution in [2.24, 2.45) is 0 Å². The van der Waals surface area contributed by atoms with Gasteiger partial charge in [0.05, 0.1) is 24.7 Å². The van der Waals surface area contributed by atoms with Crippen LogP contribution in [0.5, 0.6) is 17.2 Å². The lowest BCUT2D eigenvalue weighted by Crippen LogP contribution is -2.42. The fraction of sp³-hybridized carbons (Fsp3) is 0.467. The van der Waals surface area contributed by atoms with Crippen molar-refractivity contribution in [3.05, 3.63) is 41.0 Å². The van der Waals surface area contributed by atoms with Crippen molar-refractivity contribution in [1.82, 2.24) is 14.9 Å². The molecule has 42 heavy (non-hydrogen) atoms. The van der Waals surface area contributed by atoms with Gasteiger partial charge in [-0.3, -0.25) is 0 Å². The summed E-state index contributed by atoms with van der Waals surface area (Å²) < 4.78 is 20.8. The minimum absolute atomic E-state index is 0.389. The molecule has 3 heterocycles. The van der Waals surface area contributed by atoms with Gasteiger partial charge in [0.15, 0.2) is 17.3 Å². The largest absolute Gasteiger partial charge is 0.494 e. The molecular formula is C30H40ClN7O3S. The maximum atomic E-state index is 6.55. The van der Waals surface area contributed by atoms with Crippen LogP contribution >= 0.6 is 23.5 Å². The van der Waals surface area contributed by atoms with Crippen molar-refractivity contribution in [2.45, 2.75) is 38.6 Å². The first kappa shape index (κ1) is 30.2. The highest BCUT2D eigenvalue weighted by Gasteiger charge is 2.24. The van der Waals surface area contributed by atoms with E-state index in [0.29, 0.717) is 47.5 Å². The smallest absolute Gasteiger partial charge is 0.229 e. The van der Waals surface area contributed by atoms with Gasteiger partial charge in [0.25, 0.3) is 0 Å². The number of piperidine rings is 1. The maximum Gasteiger partial charge on any atom is 0.229 e. The van der Waals surface area contributed by atoms with Gasteiger partial charge >= 0.3 is 0 Å². The van der Waals surface area contributed by atoms with E-state index >= 15 is 0 Å². The lowest BCUT2D eigenvalue weighted by molar-refractivity contribution is 0.173. The number of aromatic nitrogens is 2. The number of aryl methyl sites for hydroxylation is 1. The molecule has 0 radical (unpaired) electrons. The van der Waals surface area contributed by atoms with Gasteiger partial charge in [-0.2, -0.15) is 4.98 Å². The van der Waals surface area contributed by atoms with Crippen LogP contribution in [0.15, 0.2) is 30.5 Å². The first-order chi connectivity index (χ1) is 20.4. The number of halogens is 1. The first-order valence-electron chi connectivity index (χ1n) is 14.3. The molecule has 0 saturated carbocycles. The number of methoxy groups -OCH3 is 1. The summed E-state index contributed by atoms with van der Waals surface area (Å²) in [7, 11) is 6.03. The Labute approximate surface area is 257 Å². The molecule has 2 aliphatic rings. The van der Waals surface area contributed by atoms with Crippen molar-refractivity contribution in [3.63, 3.8) is 0 Å². The minimum Gasteiger partial charge on any atom is -0.494 e. The number of anilines is 6. The molecule has 10 nitrogen and oxygen atoms in total. The fourth-order valence-electron chi connectivity index (χ4n) is 5.45. The molecule has 2 aromatic carbocycles. The molecule has 5 rings (SSSR count). The molecule has 1 saturated heterocycles. The van der Waals surface area contributed by atoms with Crippen LogP contribution in [0, 0.1) is 0 Å². The summed E-state index contributed by atoms with van der Waals surface area (Å²) >= 11 is 8.01. The summed E-state index contributed by atoms with van der Waals surface area (Å²) in [4.78, 5) is 14.0. The highest BCUT2D eigenvalue weighted by atomic mass is 35.5. The quantitative estimate of drug-likeness (QED) is 0.205. The molecule has 0 bridgehead atoms. The molecule has 3 aromatic rings. The van der Waals surface area contributed by atoms with E-state index < -0.39 is 0 Å². The fourth-order valence-corrected chi connectivity index (χ4v) is 6.00. The highest BCUT2D eigenvalue weighted by molar-refractivity contribution is 7.99. The second kappa shape index (κ2) is 13.8. The van der Waals surface area contributed by atoms with E-state index in [1.165, 1.54) is 23.2 Å². The number of hydrogen-bond acceptors (Lipinski definition) is 11. The lowest BCUT2D eigenvalue weighted by Gasteiger charge is -2.37. The van der Waals surface area contributed by atoms with Crippen molar-refractivity contribution >= 4 is 58.1 Å². The summed E-state index contributed by atoms with van der Waals surface area (Å²) in [5, 5.41) is 7.12. The zero-order valence-electron chi connectivity index (χ0n) is 24.9. The Bertz CT molecular complexity index is 1390. The van der Waals surface area contributed by atoms with Crippen LogP contribution in [-0.4, -0.2) is 74.7 Å². The number of rotatable bonds is 11. The third-order valence-corrected chi connectivity index (χ3v) is 8.30. The van der Waals surface area contributed by atoms with Gasteiger partial charge in [-0.1, -0.05) is 36.9 Å². The Balaban J connectivity index is 1.41. The Kier molecular flexibility index (Phi) is 9.91. The summed E-state index contributed by atoms with van der Waals surface area (Å²) in [6.45, 7) is 5.26. The Hall–Kier alpha value is -3.28. The molecule has 0 unspecified atom stereocenters. The van der Waals surface area contributed by atoms with Crippen LogP contribution in [-0.2, 0) is 6.42 Å². The standard InChI is InChI=1S/C30H40ClN7O3S/c1-6-7-19-16-23(26(39-4)17-24(19)38-12-10-20(11-13-38)37(2)3)34-30-32-18-21(31)29(35-30)33-22-8-9-25-28(27(22)36-42-5)41-15-14-40-25/h8-9,16-18,20,36H,6-7,10-15H2,1-5H3,(H2,32,33,34,35). The van der Waals surface area contributed by atoms with E-state index in [9.17, 15) is 0 Å². The average Bonchev–Trinajstić information content (AvgIpc) is 3.00. The molecule has 0 atom stereocenters. The van der Waals surface area contributed by atoms with E-state index in [2.05, 4.69) is 63.3 Å². The zero-order chi connectivity index (χ0) is 29.6. The van der Waals surface area contributed by atoms with Crippen molar-refractivity contribution in [1.29, 1.82) is 0 Å². The minimum atomic E-state index is 0.389. The van der Waals surface area contributed by atoms with Gasteiger partial charge in [0, 0.05) is 37.1 Å². The van der Waals surface area contributed by atoms with E-state index in [-0.39, 0.29) is 0 Å². The molecule has 226 valence electrons. The monoisotopic (exact) mass is 613 g/mol. The second-order valence-electron chi connectivity index (χ2n) is 10.6. The normalized spacial score (nSPS) is 15.1. The number of hydrogen-bond donors (Lipinski definition) is 3. The average molecular weight is 614 g/mol. The van der Waals surface area contributed by atoms with E-state index in [1.54, 1.807) is 13.3 Å². The SMILES string of the molecule is CCCc1cc(Nc2ncc(Cl)c(Nc3ccc4c(c3NSC)OCCO4)n2)c(OC)cc1N1CCC(N(C)C)CC1. The Morgan fingerprint density at radius 1 is 1.12 bits per heavy atom. The topological polar surface area (TPSA) is 96.0 Å². The van der Waals surface area contributed by atoms with Crippen LogP contribution in [0.3, 0.4) is 0 Å². The van der Waals surface area contributed by atoms with Crippen molar-refractivity contribution in [3.8, 4) is 17.2 Å². The maximum absolute atomic E-state index is 6.55. The third kappa shape index (κ3) is 6.68. The second-order valence-corrected chi connectivity index (χ2v) is 11.6. The van der Waals surface area contributed by atoms with E-state index in [4.69, 9.17) is 30.8 Å². The van der Waals surface area contributed by atoms with Gasteiger partial charge < -0.3 is 39.4 Å². The van der Waals surface area contributed by atoms with Gasteiger partial charge in [0.2, 0.25) is 5.95 Å². The molecule has 1 aromatic heterocycles. The Morgan fingerprint density at radius 3 is 2.62 bits per heavy atom. The molecule has 0 aliphatic carbocycles. The molecule has 0 spiro atoms. The number of fused-ring (bicyclic) bond motifs is 1. The van der Waals surface area contributed by atoms with Gasteiger partial charge in [-0.25, -0.2) is 4.98 Å². The first-order valence-corrected chi connectivity index (χ1v) is 15.9. The Morgan fingerprint density at radius 2 is 1.90 bits per heavy atom. The van der Waals surface area contributed by atoms with Crippen LogP contribution in [0.1, 0.15) is 31.7 Å². The van der Waals surface area contributed by atoms with Crippen molar-refractivity contribution < 1.29 is 14.2 Å². The zero-order valence-corrected chi connectivity index (χ0v) is 26.5. The van der Waals surface area contributed by atoms with Crippen LogP contribution in [0.2, 0.25) is 5.02 Å². The van der Waals surface area contributed by atoms with E-state index in [0.717, 1.165) is 61.6 Å². The van der Waals surface area contributed by atoms with Crippen LogP contribution < -0.4 is 34.5 Å². The van der Waals surface area contributed by atoms with Gasteiger partial charge in [-0.05, 0) is 57.1 Å².